The normalized spacial score (nSPS) is 12.4. The molecule has 0 aromatic heterocycles. The van der Waals surface area contributed by atoms with Crippen LogP contribution in [0.25, 0.3) is 0 Å². The molecule has 0 aliphatic heterocycles. The fraction of sp³-hybridized carbons (Fsp3) is 0.250. The third-order valence-corrected chi connectivity index (χ3v) is 3.81. The molecule has 0 amide bonds. The van der Waals surface area contributed by atoms with Crippen molar-refractivity contribution in [2.24, 2.45) is 0 Å². The predicted octanol–water partition coefficient (Wildman–Crippen LogP) is 4.73. The fourth-order valence-corrected chi connectivity index (χ4v) is 2.71. The number of aryl methyl sites for hydroxylation is 1. The van der Waals surface area contributed by atoms with Gasteiger partial charge in [-0.2, -0.15) is 0 Å². The van der Waals surface area contributed by atoms with Crippen LogP contribution in [0.15, 0.2) is 40.9 Å². The summed E-state index contributed by atoms with van der Waals surface area (Å²) in [5, 5.41) is 3.27. The molecule has 1 nitrogen and oxygen atoms in total. The number of hydrogen-bond acceptors (Lipinski definition) is 1. The van der Waals surface area contributed by atoms with E-state index >= 15 is 0 Å². The van der Waals surface area contributed by atoms with Crippen LogP contribution in [0.2, 0.25) is 0 Å². The van der Waals surface area contributed by atoms with Gasteiger partial charge < -0.3 is 5.32 Å². The number of nitrogens with one attached hydrogen (secondary N) is 1. The Bertz CT molecular complexity index is 593. The molecule has 0 spiro atoms. The SMILES string of the molecule is CCNC(c1cc(F)cc(F)c1)c1cc(C)ccc1Br. The quantitative estimate of drug-likeness (QED) is 0.848. The summed E-state index contributed by atoms with van der Waals surface area (Å²) in [6.45, 7) is 4.65. The van der Waals surface area contributed by atoms with Crippen LogP contribution in [-0.2, 0) is 0 Å². The lowest BCUT2D eigenvalue weighted by Crippen LogP contribution is -2.22. The molecule has 1 atom stereocenters. The monoisotopic (exact) mass is 339 g/mol. The maximum atomic E-state index is 13.4. The van der Waals surface area contributed by atoms with Crippen LogP contribution in [0.5, 0.6) is 0 Å². The zero-order valence-corrected chi connectivity index (χ0v) is 13.0. The average molecular weight is 340 g/mol. The van der Waals surface area contributed by atoms with Crippen LogP contribution in [0.4, 0.5) is 8.78 Å². The Morgan fingerprint density at radius 2 is 1.75 bits per heavy atom. The summed E-state index contributed by atoms with van der Waals surface area (Å²) >= 11 is 3.51. The molecular formula is C16H16BrF2N. The third-order valence-electron chi connectivity index (χ3n) is 3.09. The summed E-state index contributed by atoms with van der Waals surface area (Å²) in [5.41, 5.74) is 2.65. The smallest absolute Gasteiger partial charge is 0.126 e. The number of hydrogen-bond donors (Lipinski definition) is 1. The van der Waals surface area contributed by atoms with Gasteiger partial charge in [0.2, 0.25) is 0 Å². The zero-order valence-electron chi connectivity index (χ0n) is 11.4. The van der Waals surface area contributed by atoms with E-state index < -0.39 is 11.6 Å². The van der Waals surface area contributed by atoms with Gasteiger partial charge >= 0.3 is 0 Å². The van der Waals surface area contributed by atoms with E-state index in [0.29, 0.717) is 12.1 Å². The molecule has 20 heavy (non-hydrogen) atoms. The van der Waals surface area contributed by atoms with Crippen molar-refractivity contribution >= 4 is 15.9 Å². The second kappa shape index (κ2) is 6.46. The highest BCUT2D eigenvalue weighted by atomic mass is 79.9. The third kappa shape index (κ3) is 3.44. The van der Waals surface area contributed by atoms with Crippen molar-refractivity contribution in [3.05, 3.63) is 69.2 Å². The van der Waals surface area contributed by atoms with Crippen LogP contribution in [-0.4, -0.2) is 6.54 Å². The number of halogens is 3. The molecule has 2 rings (SSSR count). The second-order valence-corrected chi connectivity index (χ2v) is 5.57. The Balaban J connectivity index is 2.52. The molecule has 0 aliphatic rings. The zero-order chi connectivity index (χ0) is 14.7. The largest absolute Gasteiger partial charge is 0.306 e. The van der Waals surface area contributed by atoms with Crippen LogP contribution < -0.4 is 5.32 Å². The first-order chi connectivity index (χ1) is 9.51. The maximum absolute atomic E-state index is 13.4. The van der Waals surface area contributed by atoms with Crippen molar-refractivity contribution in [2.45, 2.75) is 19.9 Å². The van der Waals surface area contributed by atoms with Crippen LogP contribution in [0.1, 0.15) is 29.7 Å². The van der Waals surface area contributed by atoms with Crippen LogP contribution in [0, 0.1) is 18.6 Å². The van der Waals surface area contributed by atoms with Crippen molar-refractivity contribution in [2.75, 3.05) is 6.54 Å². The number of rotatable bonds is 4. The highest BCUT2D eigenvalue weighted by molar-refractivity contribution is 9.10. The van der Waals surface area contributed by atoms with E-state index in [9.17, 15) is 8.78 Å². The maximum Gasteiger partial charge on any atom is 0.126 e. The fourth-order valence-electron chi connectivity index (χ4n) is 2.24. The first-order valence-electron chi connectivity index (χ1n) is 6.46. The van der Waals surface area contributed by atoms with E-state index in [1.54, 1.807) is 0 Å². The van der Waals surface area contributed by atoms with Gasteiger partial charge in [0.1, 0.15) is 11.6 Å². The number of benzene rings is 2. The Hall–Kier alpha value is -1.26. The van der Waals surface area contributed by atoms with Crippen LogP contribution >= 0.6 is 15.9 Å². The lowest BCUT2D eigenvalue weighted by atomic mass is 9.97. The standard InChI is InChI=1S/C16H16BrF2N/c1-3-20-16(11-7-12(18)9-13(19)8-11)14-6-10(2)4-5-15(14)17/h4-9,16,20H,3H2,1-2H3. The van der Waals surface area contributed by atoms with E-state index in [4.69, 9.17) is 0 Å². The van der Waals surface area contributed by atoms with Gasteiger partial charge in [-0.1, -0.05) is 40.5 Å². The molecular weight excluding hydrogens is 324 g/mol. The lowest BCUT2D eigenvalue weighted by Gasteiger charge is -2.21. The van der Waals surface area contributed by atoms with E-state index in [1.165, 1.54) is 12.1 Å². The van der Waals surface area contributed by atoms with E-state index in [1.807, 2.05) is 32.0 Å². The Kier molecular flexibility index (Phi) is 4.89. The van der Waals surface area contributed by atoms with Crippen molar-refractivity contribution in [1.29, 1.82) is 0 Å². The van der Waals surface area contributed by atoms with E-state index in [-0.39, 0.29) is 6.04 Å². The summed E-state index contributed by atoms with van der Waals surface area (Å²) in [6, 6.07) is 9.32. The summed E-state index contributed by atoms with van der Waals surface area (Å²) in [5.74, 6) is -1.13. The molecule has 2 aromatic rings. The van der Waals surface area contributed by atoms with Gasteiger partial charge in [-0.15, -0.1) is 0 Å². The molecule has 0 aliphatic carbocycles. The minimum Gasteiger partial charge on any atom is -0.306 e. The van der Waals surface area contributed by atoms with Crippen molar-refractivity contribution < 1.29 is 8.78 Å². The van der Waals surface area contributed by atoms with E-state index in [0.717, 1.165) is 21.7 Å². The molecule has 0 saturated heterocycles. The van der Waals surface area contributed by atoms with Gasteiger partial charge in [0, 0.05) is 10.5 Å². The molecule has 0 bridgehead atoms. The highest BCUT2D eigenvalue weighted by Gasteiger charge is 2.17. The van der Waals surface area contributed by atoms with Gasteiger partial charge in [0.15, 0.2) is 0 Å². The molecule has 0 radical (unpaired) electrons. The Morgan fingerprint density at radius 1 is 1.10 bits per heavy atom. The first kappa shape index (κ1) is 15.1. The Morgan fingerprint density at radius 3 is 2.35 bits per heavy atom. The average Bonchev–Trinajstić information content (AvgIpc) is 2.38. The second-order valence-electron chi connectivity index (χ2n) is 4.72. The van der Waals surface area contributed by atoms with Gasteiger partial charge in [-0.3, -0.25) is 0 Å². The van der Waals surface area contributed by atoms with Crippen molar-refractivity contribution in [1.82, 2.24) is 5.32 Å². The molecule has 0 heterocycles. The summed E-state index contributed by atoms with van der Waals surface area (Å²) < 4.78 is 27.8. The first-order valence-corrected chi connectivity index (χ1v) is 7.26. The molecule has 0 saturated carbocycles. The molecule has 1 N–H and O–H groups in total. The lowest BCUT2D eigenvalue weighted by molar-refractivity contribution is 0.565. The van der Waals surface area contributed by atoms with Crippen molar-refractivity contribution in [3.63, 3.8) is 0 Å². The van der Waals surface area contributed by atoms with Gasteiger partial charge in [0.25, 0.3) is 0 Å². The molecule has 2 aromatic carbocycles. The molecule has 106 valence electrons. The van der Waals surface area contributed by atoms with Gasteiger partial charge in [0.05, 0.1) is 6.04 Å². The predicted molar refractivity (Wildman–Crippen MR) is 80.8 cm³/mol. The van der Waals surface area contributed by atoms with Crippen molar-refractivity contribution in [3.8, 4) is 0 Å². The Labute approximate surface area is 126 Å². The molecule has 1 unspecified atom stereocenters. The summed E-state index contributed by atoms with van der Waals surface area (Å²) in [4.78, 5) is 0. The molecule has 0 fully saturated rings. The highest BCUT2D eigenvalue weighted by Crippen LogP contribution is 2.30. The minimum atomic E-state index is -0.563. The van der Waals surface area contributed by atoms with Gasteiger partial charge in [-0.05, 0) is 42.8 Å². The summed E-state index contributed by atoms with van der Waals surface area (Å²) in [7, 11) is 0. The topological polar surface area (TPSA) is 12.0 Å². The van der Waals surface area contributed by atoms with Gasteiger partial charge in [-0.25, -0.2) is 8.78 Å². The summed E-state index contributed by atoms with van der Waals surface area (Å²) in [6.07, 6.45) is 0. The molecule has 4 heteroatoms. The minimum absolute atomic E-state index is 0.250. The van der Waals surface area contributed by atoms with Crippen LogP contribution in [0.3, 0.4) is 0 Å². The van der Waals surface area contributed by atoms with E-state index in [2.05, 4.69) is 21.2 Å².